The monoisotopic (exact) mass is 449 g/mol. The molecule has 1 fully saturated rings. The minimum absolute atomic E-state index is 0.0551. The molecule has 1 aliphatic heterocycles. The Morgan fingerprint density at radius 3 is 2.40 bits per heavy atom. The lowest BCUT2D eigenvalue weighted by molar-refractivity contribution is 0.0757. The van der Waals surface area contributed by atoms with Gasteiger partial charge in [-0.15, -0.1) is 0 Å². The van der Waals surface area contributed by atoms with Crippen LogP contribution in [-0.4, -0.2) is 68.6 Å². The summed E-state index contributed by atoms with van der Waals surface area (Å²) >= 11 is 6.25. The molecule has 0 saturated carbocycles. The van der Waals surface area contributed by atoms with E-state index in [1.807, 2.05) is 37.3 Å². The van der Waals surface area contributed by atoms with Crippen LogP contribution in [0.25, 0.3) is 0 Å². The predicted molar refractivity (Wildman–Crippen MR) is 120 cm³/mol. The average Bonchev–Trinajstić information content (AvgIpc) is 2.77. The number of benzene rings is 2. The van der Waals surface area contributed by atoms with Crippen molar-refractivity contribution in [2.24, 2.45) is 0 Å². The first-order valence-electron chi connectivity index (χ1n) is 10.2. The highest BCUT2D eigenvalue weighted by Crippen LogP contribution is 2.21. The van der Waals surface area contributed by atoms with Gasteiger partial charge in [0.2, 0.25) is 10.0 Å². The van der Waals surface area contributed by atoms with Crippen molar-refractivity contribution in [1.29, 1.82) is 0 Å². The summed E-state index contributed by atoms with van der Waals surface area (Å²) in [6.07, 6.45) is 0. The minimum Gasteiger partial charge on any atom is -0.337 e. The predicted octanol–water partition coefficient (Wildman–Crippen LogP) is 2.82. The summed E-state index contributed by atoms with van der Waals surface area (Å²) in [5.74, 6) is -0.302. The second kappa shape index (κ2) is 10.4. The van der Waals surface area contributed by atoms with Crippen molar-refractivity contribution in [2.45, 2.75) is 12.8 Å². The molecule has 162 valence electrons. The van der Waals surface area contributed by atoms with Crippen LogP contribution < -0.4 is 5.32 Å². The molecule has 0 spiro atoms. The molecule has 1 heterocycles. The normalized spacial score (nSPS) is 16.2. The number of amides is 1. The summed E-state index contributed by atoms with van der Waals surface area (Å²) in [6, 6.07) is 16.8. The fourth-order valence-corrected chi connectivity index (χ4v) is 5.24. The third-order valence-electron chi connectivity index (χ3n) is 5.34. The van der Waals surface area contributed by atoms with Crippen molar-refractivity contribution in [3.05, 3.63) is 70.7 Å². The number of hydrogen-bond acceptors (Lipinski definition) is 4. The average molecular weight is 450 g/mol. The molecule has 1 aliphatic rings. The standard InChI is InChI=1S/C22H28ClN3O3S/c1-18(19-7-3-2-4-8-19)17-25(22(27)20-9-5-6-10-21(20)23)15-16-30(28,29)26-13-11-24-12-14-26/h2-10,18,24H,11-17H2,1H3/t18-/m1/s1. The van der Waals surface area contributed by atoms with Gasteiger partial charge in [0.25, 0.3) is 5.91 Å². The number of hydrogen-bond donors (Lipinski definition) is 1. The zero-order valence-electron chi connectivity index (χ0n) is 17.1. The zero-order valence-corrected chi connectivity index (χ0v) is 18.7. The second-order valence-corrected chi connectivity index (χ2v) is 10.0. The highest BCUT2D eigenvalue weighted by molar-refractivity contribution is 7.89. The molecule has 0 unspecified atom stereocenters. The lowest BCUT2D eigenvalue weighted by Crippen LogP contribution is -2.48. The van der Waals surface area contributed by atoms with Gasteiger partial charge in [-0.05, 0) is 23.6 Å². The van der Waals surface area contributed by atoms with E-state index in [2.05, 4.69) is 5.32 Å². The van der Waals surface area contributed by atoms with Gasteiger partial charge < -0.3 is 10.2 Å². The summed E-state index contributed by atoms with van der Waals surface area (Å²) in [5.41, 5.74) is 1.48. The second-order valence-electron chi connectivity index (χ2n) is 7.51. The molecule has 1 amide bonds. The number of carbonyl (C=O) groups is 1. The third kappa shape index (κ3) is 5.82. The van der Waals surface area contributed by atoms with Crippen molar-refractivity contribution >= 4 is 27.5 Å². The number of carbonyl (C=O) groups excluding carboxylic acids is 1. The molecule has 0 aliphatic carbocycles. The fraction of sp³-hybridized carbons (Fsp3) is 0.409. The molecule has 1 N–H and O–H groups in total. The molecule has 2 aromatic carbocycles. The number of halogens is 1. The molecule has 1 saturated heterocycles. The van der Waals surface area contributed by atoms with E-state index in [9.17, 15) is 13.2 Å². The Morgan fingerprint density at radius 1 is 1.10 bits per heavy atom. The van der Waals surface area contributed by atoms with Gasteiger partial charge in [-0.2, -0.15) is 4.31 Å². The summed E-state index contributed by atoms with van der Waals surface area (Å²) in [5, 5.41) is 3.52. The Labute approximate surface area is 183 Å². The Kier molecular flexibility index (Phi) is 7.88. The molecule has 8 heteroatoms. The topological polar surface area (TPSA) is 69.7 Å². The first kappa shape index (κ1) is 22.7. The largest absolute Gasteiger partial charge is 0.337 e. The van der Waals surface area contributed by atoms with Gasteiger partial charge in [-0.3, -0.25) is 4.79 Å². The van der Waals surface area contributed by atoms with E-state index in [0.29, 0.717) is 43.3 Å². The van der Waals surface area contributed by atoms with E-state index < -0.39 is 10.0 Å². The van der Waals surface area contributed by atoms with Crippen molar-refractivity contribution in [3.63, 3.8) is 0 Å². The Morgan fingerprint density at radius 2 is 1.73 bits per heavy atom. The van der Waals surface area contributed by atoms with E-state index in [1.165, 1.54) is 4.31 Å². The van der Waals surface area contributed by atoms with E-state index in [4.69, 9.17) is 11.6 Å². The van der Waals surface area contributed by atoms with Gasteiger partial charge in [0, 0.05) is 39.3 Å². The zero-order chi connectivity index (χ0) is 21.6. The van der Waals surface area contributed by atoms with Crippen LogP contribution in [0.4, 0.5) is 0 Å². The smallest absolute Gasteiger partial charge is 0.255 e. The van der Waals surface area contributed by atoms with Crippen LogP contribution in [0.5, 0.6) is 0 Å². The summed E-state index contributed by atoms with van der Waals surface area (Å²) in [4.78, 5) is 14.9. The highest BCUT2D eigenvalue weighted by atomic mass is 35.5. The first-order chi connectivity index (χ1) is 14.4. The fourth-order valence-electron chi connectivity index (χ4n) is 3.58. The van der Waals surface area contributed by atoms with Crippen LogP contribution in [0, 0.1) is 0 Å². The molecule has 0 radical (unpaired) electrons. The molecule has 3 rings (SSSR count). The van der Waals surface area contributed by atoms with Gasteiger partial charge in [0.15, 0.2) is 0 Å². The molecule has 0 aromatic heterocycles. The van der Waals surface area contributed by atoms with Crippen LogP contribution >= 0.6 is 11.6 Å². The number of sulfonamides is 1. The Balaban J connectivity index is 1.78. The lowest BCUT2D eigenvalue weighted by Gasteiger charge is -2.30. The van der Waals surface area contributed by atoms with Crippen molar-refractivity contribution in [3.8, 4) is 0 Å². The van der Waals surface area contributed by atoms with E-state index in [0.717, 1.165) is 5.56 Å². The summed E-state index contributed by atoms with van der Waals surface area (Å²) in [6.45, 7) is 4.77. The maximum atomic E-state index is 13.2. The summed E-state index contributed by atoms with van der Waals surface area (Å²) in [7, 11) is -3.44. The molecule has 2 aromatic rings. The maximum Gasteiger partial charge on any atom is 0.255 e. The maximum absolute atomic E-state index is 13.2. The van der Waals surface area contributed by atoms with E-state index in [1.54, 1.807) is 29.2 Å². The van der Waals surface area contributed by atoms with Crippen LogP contribution in [0.1, 0.15) is 28.8 Å². The lowest BCUT2D eigenvalue weighted by atomic mass is 10.0. The first-order valence-corrected chi connectivity index (χ1v) is 12.1. The number of nitrogens with zero attached hydrogens (tertiary/aromatic N) is 2. The molecule has 30 heavy (non-hydrogen) atoms. The third-order valence-corrected chi connectivity index (χ3v) is 7.52. The van der Waals surface area contributed by atoms with Crippen LogP contribution in [0.2, 0.25) is 5.02 Å². The molecular weight excluding hydrogens is 422 g/mol. The number of rotatable bonds is 8. The van der Waals surface area contributed by atoms with E-state index >= 15 is 0 Å². The van der Waals surface area contributed by atoms with E-state index in [-0.39, 0.29) is 24.1 Å². The Bertz CT molecular complexity index is 947. The van der Waals surface area contributed by atoms with Crippen molar-refractivity contribution in [2.75, 3.05) is 45.0 Å². The van der Waals surface area contributed by atoms with Crippen LogP contribution in [0.3, 0.4) is 0 Å². The molecule has 1 atom stereocenters. The number of nitrogens with one attached hydrogen (secondary N) is 1. The van der Waals surface area contributed by atoms with Gasteiger partial charge in [0.1, 0.15) is 0 Å². The highest BCUT2D eigenvalue weighted by Gasteiger charge is 2.27. The van der Waals surface area contributed by atoms with Gasteiger partial charge in [-0.1, -0.05) is 61.0 Å². The molecule has 6 nitrogen and oxygen atoms in total. The molecular formula is C22H28ClN3O3S. The van der Waals surface area contributed by atoms with Gasteiger partial charge in [-0.25, -0.2) is 8.42 Å². The van der Waals surface area contributed by atoms with Crippen molar-refractivity contribution in [1.82, 2.24) is 14.5 Å². The minimum atomic E-state index is -3.44. The van der Waals surface area contributed by atoms with Gasteiger partial charge in [0.05, 0.1) is 16.3 Å². The van der Waals surface area contributed by atoms with Gasteiger partial charge >= 0.3 is 0 Å². The SMILES string of the molecule is C[C@H](CN(CCS(=O)(=O)N1CCNCC1)C(=O)c1ccccc1Cl)c1ccccc1. The summed E-state index contributed by atoms with van der Waals surface area (Å²) < 4.78 is 27.1. The Hall–Kier alpha value is -1.93. The number of piperazine rings is 1. The van der Waals surface area contributed by atoms with Crippen LogP contribution in [0.15, 0.2) is 54.6 Å². The molecule has 0 bridgehead atoms. The quantitative estimate of drug-likeness (QED) is 0.672. The van der Waals surface area contributed by atoms with Crippen LogP contribution in [-0.2, 0) is 10.0 Å². The van der Waals surface area contributed by atoms with Crippen molar-refractivity contribution < 1.29 is 13.2 Å².